The molecule has 2 aromatic rings. The topological polar surface area (TPSA) is 82.5 Å². The minimum absolute atomic E-state index is 0.301. The normalized spacial score (nSPS) is 31.2. The largest absolute Gasteiger partial charge is 0.481 e. The van der Waals surface area contributed by atoms with E-state index >= 15 is 0 Å². The molecule has 3 aliphatic rings. The van der Waals surface area contributed by atoms with Crippen molar-refractivity contribution in [2.45, 2.75) is 25.8 Å². The Balaban J connectivity index is 1.43. The standard InChI is InChI=1S/C16H19N5O2S/c1-8-2-3-21(8)16-18-14(13-15(19-16)24-7-17-13)20-5-10-9(4-12(22)23)11(10)6-20/h7-11H,2-6H2,1H3,(H,22,23)/t8-,9-,10-,11+/m0/s1. The highest BCUT2D eigenvalue weighted by molar-refractivity contribution is 7.16. The molecular formula is C16H19N5O2S. The zero-order valence-corrected chi connectivity index (χ0v) is 14.2. The summed E-state index contributed by atoms with van der Waals surface area (Å²) in [5.74, 6) is 2.40. The quantitative estimate of drug-likeness (QED) is 0.905. The number of carboxylic acids is 1. The van der Waals surface area contributed by atoms with E-state index in [9.17, 15) is 4.79 Å². The van der Waals surface area contributed by atoms with Gasteiger partial charge in [0.25, 0.3) is 0 Å². The van der Waals surface area contributed by atoms with E-state index < -0.39 is 5.97 Å². The first-order chi connectivity index (χ1) is 11.6. The Bertz CT molecular complexity index is 812. The molecule has 8 heteroatoms. The molecule has 0 amide bonds. The molecule has 0 bridgehead atoms. The SMILES string of the molecule is C[C@H]1CCN1c1nc(N2C[C@@H]3[C@@H](CC(=O)O)[C@@H]3C2)c2ncsc2n1. The molecule has 4 atom stereocenters. The molecule has 4 heterocycles. The maximum absolute atomic E-state index is 10.9. The first-order valence-electron chi connectivity index (χ1n) is 8.46. The molecule has 1 saturated carbocycles. The van der Waals surface area contributed by atoms with E-state index in [1.807, 2.05) is 5.51 Å². The Labute approximate surface area is 143 Å². The molecule has 2 aliphatic heterocycles. The van der Waals surface area contributed by atoms with Crippen molar-refractivity contribution in [2.24, 2.45) is 17.8 Å². The summed E-state index contributed by atoms with van der Waals surface area (Å²) in [5, 5.41) is 8.98. The lowest BCUT2D eigenvalue weighted by molar-refractivity contribution is -0.137. The van der Waals surface area contributed by atoms with Crippen LogP contribution in [0.4, 0.5) is 11.8 Å². The van der Waals surface area contributed by atoms with E-state index in [0.717, 1.165) is 41.7 Å². The van der Waals surface area contributed by atoms with Crippen LogP contribution in [0, 0.1) is 17.8 Å². The van der Waals surface area contributed by atoms with Gasteiger partial charge in [-0.05, 0) is 31.1 Å². The second-order valence-corrected chi connectivity index (χ2v) is 8.01. The zero-order valence-electron chi connectivity index (χ0n) is 13.4. The first kappa shape index (κ1) is 14.4. The van der Waals surface area contributed by atoms with Crippen molar-refractivity contribution in [1.82, 2.24) is 15.0 Å². The number of carboxylic acid groups (broad SMARTS) is 1. The summed E-state index contributed by atoms with van der Waals surface area (Å²) in [6.07, 6.45) is 1.49. The van der Waals surface area contributed by atoms with Crippen LogP contribution >= 0.6 is 11.3 Å². The second-order valence-electron chi connectivity index (χ2n) is 7.18. The summed E-state index contributed by atoms with van der Waals surface area (Å²) in [5.41, 5.74) is 2.71. The fraction of sp³-hybridized carbons (Fsp3) is 0.625. The molecule has 1 N–H and O–H groups in total. The maximum Gasteiger partial charge on any atom is 0.303 e. The monoisotopic (exact) mass is 345 g/mol. The second kappa shape index (κ2) is 5.02. The number of nitrogens with zero attached hydrogens (tertiary/aromatic N) is 5. The van der Waals surface area contributed by atoms with E-state index in [1.165, 1.54) is 6.42 Å². The minimum atomic E-state index is -0.682. The van der Waals surface area contributed by atoms with Gasteiger partial charge in [-0.25, -0.2) is 4.98 Å². The molecule has 0 spiro atoms. The van der Waals surface area contributed by atoms with Crippen molar-refractivity contribution in [2.75, 3.05) is 29.4 Å². The summed E-state index contributed by atoms with van der Waals surface area (Å²) < 4.78 is 0. The molecule has 0 radical (unpaired) electrons. The third-order valence-corrected chi connectivity index (χ3v) is 6.54. The molecule has 0 unspecified atom stereocenters. The molecular weight excluding hydrogens is 326 g/mol. The average molecular weight is 345 g/mol. The van der Waals surface area contributed by atoms with Crippen LogP contribution in [-0.4, -0.2) is 51.7 Å². The number of piperidine rings is 1. The Morgan fingerprint density at radius 2 is 2.17 bits per heavy atom. The number of thiazole rings is 1. The number of carbonyl (C=O) groups is 1. The lowest BCUT2D eigenvalue weighted by Gasteiger charge is -2.39. The highest BCUT2D eigenvalue weighted by Gasteiger charge is 2.56. The number of hydrogen-bond donors (Lipinski definition) is 1. The Kier molecular flexibility index (Phi) is 3.01. The van der Waals surface area contributed by atoms with Gasteiger partial charge in [-0.3, -0.25) is 4.79 Å². The van der Waals surface area contributed by atoms with E-state index in [-0.39, 0.29) is 0 Å². The van der Waals surface area contributed by atoms with Crippen molar-refractivity contribution in [3.63, 3.8) is 0 Å². The Morgan fingerprint density at radius 1 is 1.38 bits per heavy atom. The minimum Gasteiger partial charge on any atom is -0.481 e. The maximum atomic E-state index is 10.9. The molecule has 7 nitrogen and oxygen atoms in total. The van der Waals surface area contributed by atoms with Crippen LogP contribution in [0.15, 0.2) is 5.51 Å². The third kappa shape index (κ3) is 2.08. The van der Waals surface area contributed by atoms with E-state index in [0.29, 0.717) is 30.2 Å². The smallest absolute Gasteiger partial charge is 0.303 e. The van der Waals surface area contributed by atoms with Gasteiger partial charge in [-0.15, -0.1) is 11.3 Å². The number of aliphatic carboxylic acids is 1. The fourth-order valence-electron chi connectivity index (χ4n) is 4.23. The van der Waals surface area contributed by atoms with Crippen molar-refractivity contribution >= 4 is 39.4 Å². The van der Waals surface area contributed by atoms with Crippen LogP contribution in [0.1, 0.15) is 19.8 Å². The summed E-state index contributed by atoms with van der Waals surface area (Å²) in [6.45, 7) is 4.99. The van der Waals surface area contributed by atoms with Crippen molar-refractivity contribution < 1.29 is 9.90 Å². The van der Waals surface area contributed by atoms with Gasteiger partial charge < -0.3 is 14.9 Å². The zero-order chi connectivity index (χ0) is 16.4. The van der Waals surface area contributed by atoms with Crippen LogP contribution in [0.5, 0.6) is 0 Å². The van der Waals surface area contributed by atoms with E-state index in [1.54, 1.807) is 11.3 Å². The van der Waals surface area contributed by atoms with Crippen molar-refractivity contribution in [3.05, 3.63) is 5.51 Å². The van der Waals surface area contributed by atoms with Crippen LogP contribution in [0.25, 0.3) is 10.3 Å². The molecule has 126 valence electrons. The molecule has 2 aromatic heterocycles. The summed E-state index contributed by atoms with van der Waals surface area (Å²) in [4.78, 5) is 30.4. The van der Waals surface area contributed by atoms with Gasteiger partial charge in [0.1, 0.15) is 5.52 Å². The molecule has 2 saturated heterocycles. The third-order valence-electron chi connectivity index (χ3n) is 5.83. The van der Waals surface area contributed by atoms with Crippen LogP contribution in [-0.2, 0) is 4.79 Å². The summed E-state index contributed by atoms with van der Waals surface area (Å²) in [7, 11) is 0. The highest BCUT2D eigenvalue weighted by atomic mass is 32.1. The first-order valence-corrected chi connectivity index (χ1v) is 9.34. The van der Waals surface area contributed by atoms with Gasteiger partial charge in [0.2, 0.25) is 5.95 Å². The van der Waals surface area contributed by atoms with Crippen molar-refractivity contribution in [1.29, 1.82) is 0 Å². The highest BCUT2D eigenvalue weighted by Crippen LogP contribution is 2.54. The number of fused-ring (bicyclic) bond motifs is 2. The molecule has 3 fully saturated rings. The molecule has 1 aliphatic carbocycles. The lowest BCUT2D eigenvalue weighted by atomic mass is 10.1. The number of anilines is 2. The van der Waals surface area contributed by atoms with Gasteiger partial charge in [0, 0.05) is 32.1 Å². The van der Waals surface area contributed by atoms with Gasteiger partial charge in [0.15, 0.2) is 10.6 Å². The summed E-state index contributed by atoms with van der Waals surface area (Å²) >= 11 is 1.56. The van der Waals surface area contributed by atoms with E-state index in [2.05, 4.69) is 21.7 Å². The molecule has 0 aromatic carbocycles. The average Bonchev–Trinajstić information content (AvgIpc) is 2.97. The van der Waals surface area contributed by atoms with Gasteiger partial charge >= 0.3 is 5.97 Å². The van der Waals surface area contributed by atoms with Crippen LogP contribution in [0.3, 0.4) is 0 Å². The Hall–Kier alpha value is -1.96. The molecule has 5 rings (SSSR count). The number of hydrogen-bond acceptors (Lipinski definition) is 7. The molecule has 24 heavy (non-hydrogen) atoms. The number of rotatable bonds is 4. The lowest BCUT2D eigenvalue weighted by Crippen LogP contribution is -2.46. The van der Waals surface area contributed by atoms with Crippen LogP contribution < -0.4 is 9.80 Å². The number of aromatic nitrogens is 3. The van der Waals surface area contributed by atoms with Gasteiger partial charge in [-0.1, -0.05) is 0 Å². The predicted octanol–water partition coefficient (Wildman–Crippen LogP) is 1.84. The van der Waals surface area contributed by atoms with Gasteiger partial charge in [0.05, 0.1) is 5.51 Å². The Morgan fingerprint density at radius 3 is 2.79 bits per heavy atom. The summed E-state index contributed by atoms with van der Waals surface area (Å²) in [6, 6.07) is 0.496. The fourth-order valence-corrected chi connectivity index (χ4v) is 4.87. The van der Waals surface area contributed by atoms with E-state index in [4.69, 9.17) is 15.1 Å². The van der Waals surface area contributed by atoms with Crippen LogP contribution in [0.2, 0.25) is 0 Å². The van der Waals surface area contributed by atoms with Crippen molar-refractivity contribution in [3.8, 4) is 0 Å². The van der Waals surface area contributed by atoms with Gasteiger partial charge in [-0.2, -0.15) is 9.97 Å². The predicted molar refractivity (Wildman–Crippen MR) is 91.6 cm³/mol.